The molecule has 3 rings (SSSR count). The maximum atomic E-state index is 13.2. The average Bonchev–Trinajstić information content (AvgIpc) is 2.69. The van der Waals surface area contributed by atoms with Crippen molar-refractivity contribution in [2.24, 2.45) is 0 Å². The molecule has 0 unspecified atom stereocenters. The normalized spacial score (nSPS) is 15.9. The van der Waals surface area contributed by atoms with Gasteiger partial charge >= 0.3 is 0 Å². The van der Waals surface area contributed by atoms with Gasteiger partial charge in [0.15, 0.2) is 0 Å². The number of hydrogen-bond donors (Lipinski definition) is 1. The third-order valence-electron chi connectivity index (χ3n) is 5.05. The van der Waals surface area contributed by atoms with Crippen molar-refractivity contribution in [1.82, 2.24) is 9.80 Å². The molecule has 2 aromatic carbocycles. The summed E-state index contributed by atoms with van der Waals surface area (Å²) in [4.78, 5) is 28.6. The van der Waals surface area contributed by atoms with E-state index in [1.165, 1.54) is 17.7 Å². The summed E-state index contributed by atoms with van der Waals surface area (Å²) in [5, 5.41) is 2.71. The molecule has 1 heterocycles. The Morgan fingerprint density at radius 2 is 1.75 bits per heavy atom. The Bertz CT molecular complexity index is 804. The Labute approximate surface area is 165 Å². The first-order chi connectivity index (χ1) is 13.5. The number of carbonyl (C=O) groups excluding carboxylic acids is 2. The number of amides is 2. The second kappa shape index (κ2) is 9.46. The van der Waals surface area contributed by atoms with E-state index < -0.39 is 0 Å². The molecule has 1 aliphatic rings. The van der Waals surface area contributed by atoms with Gasteiger partial charge in [-0.15, -0.1) is 0 Å². The summed E-state index contributed by atoms with van der Waals surface area (Å²) in [6, 6.07) is 15.9. The molecular formula is C22H26FN3O2. The number of piperazine rings is 1. The molecule has 0 saturated carbocycles. The van der Waals surface area contributed by atoms with E-state index >= 15 is 0 Å². The molecule has 1 atom stereocenters. The van der Waals surface area contributed by atoms with E-state index in [-0.39, 0.29) is 30.1 Å². The van der Waals surface area contributed by atoms with Crippen molar-refractivity contribution in [2.75, 3.05) is 38.0 Å². The molecular weight excluding hydrogens is 357 g/mol. The fraction of sp³-hybridized carbons (Fsp3) is 0.364. The van der Waals surface area contributed by atoms with Crippen molar-refractivity contribution >= 4 is 17.5 Å². The lowest BCUT2D eigenvalue weighted by atomic mass is 9.97. The van der Waals surface area contributed by atoms with Gasteiger partial charge in [-0.05, 0) is 29.7 Å². The highest BCUT2D eigenvalue weighted by atomic mass is 19.1. The second-order valence-electron chi connectivity index (χ2n) is 7.23. The largest absolute Gasteiger partial charge is 0.340 e. The monoisotopic (exact) mass is 383 g/mol. The zero-order chi connectivity index (χ0) is 19.9. The smallest absolute Gasteiger partial charge is 0.238 e. The molecule has 0 aliphatic carbocycles. The van der Waals surface area contributed by atoms with Crippen LogP contribution in [0.25, 0.3) is 0 Å². The molecule has 148 valence electrons. The lowest BCUT2D eigenvalue weighted by Crippen LogP contribution is -2.50. The number of carbonyl (C=O) groups is 2. The molecule has 0 aromatic heterocycles. The third kappa shape index (κ3) is 5.63. The van der Waals surface area contributed by atoms with E-state index in [9.17, 15) is 14.0 Å². The minimum atomic E-state index is -0.380. The van der Waals surface area contributed by atoms with Gasteiger partial charge in [0.1, 0.15) is 5.82 Å². The minimum absolute atomic E-state index is 0.153. The van der Waals surface area contributed by atoms with Crippen LogP contribution >= 0.6 is 0 Å². The summed E-state index contributed by atoms with van der Waals surface area (Å²) < 4.78 is 13.2. The summed E-state index contributed by atoms with van der Waals surface area (Å²) in [7, 11) is 0. The average molecular weight is 383 g/mol. The number of nitrogens with one attached hydrogen (secondary N) is 1. The maximum Gasteiger partial charge on any atom is 0.238 e. The number of hydrogen-bond acceptors (Lipinski definition) is 3. The summed E-state index contributed by atoms with van der Waals surface area (Å²) in [6.45, 7) is 4.85. The van der Waals surface area contributed by atoms with Crippen LogP contribution in [-0.2, 0) is 9.59 Å². The molecule has 5 nitrogen and oxygen atoms in total. The van der Waals surface area contributed by atoms with Gasteiger partial charge in [-0.25, -0.2) is 4.39 Å². The second-order valence-corrected chi connectivity index (χ2v) is 7.23. The number of nitrogens with zero attached hydrogens (tertiary/aromatic N) is 2. The standard InChI is InChI=1S/C22H26FN3O2/c1-17(18-6-3-2-4-7-18)14-22(28)26-12-10-25(11-13-26)16-21(27)24-20-9-5-8-19(23)15-20/h2-9,15,17H,10-14,16H2,1H3,(H,24,27)/t17-/m0/s1. The van der Waals surface area contributed by atoms with E-state index in [2.05, 4.69) is 12.2 Å². The van der Waals surface area contributed by atoms with Gasteiger partial charge in [0.25, 0.3) is 0 Å². The van der Waals surface area contributed by atoms with Gasteiger partial charge in [0.2, 0.25) is 11.8 Å². The molecule has 0 bridgehead atoms. The van der Waals surface area contributed by atoms with Gasteiger partial charge in [-0.3, -0.25) is 14.5 Å². The molecule has 1 N–H and O–H groups in total. The van der Waals surface area contributed by atoms with E-state index in [1.54, 1.807) is 12.1 Å². The van der Waals surface area contributed by atoms with E-state index in [4.69, 9.17) is 0 Å². The van der Waals surface area contributed by atoms with Crippen LogP contribution in [-0.4, -0.2) is 54.3 Å². The Hall–Kier alpha value is -2.73. The Balaban J connectivity index is 1.42. The third-order valence-corrected chi connectivity index (χ3v) is 5.05. The highest BCUT2D eigenvalue weighted by Crippen LogP contribution is 2.20. The summed E-state index contributed by atoms with van der Waals surface area (Å²) >= 11 is 0. The predicted octanol–water partition coefficient (Wildman–Crippen LogP) is 3.10. The van der Waals surface area contributed by atoms with Crippen LogP contribution in [0.4, 0.5) is 10.1 Å². The maximum absolute atomic E-state index is 13.2. The van der Waals surface area contributed by atoms with Crippen molar-refractivity contribution in [3.05, 3.63) is 66.0 Å². The highest BCUT2D eigenvalue weighted by molar-refractivity contribution is 5.92. The van der Waals surface area contributed by atoms with Crippen LogP contribution in [0.15, 0.2) is 54.6 Å². The molecule has 0 spiro atoms. The quantitative estimate of drug-likeness (QED) is 0.834. The summed E-state index contributed by atoms with van der Waals surface area (Å²) in [5.74, 6) is -0.221. The molecule has 0 radical (unpaired) electrons. The van der Waals surface area contributed by atoms with Crippen molar-refractivity contribution in [3.8, 4) is 0 Å². The van der Waals surface area contributed by atoms with Crippen LogP contribution in [0.5, 0.6) is 0 Å². The van der Waals surface area contributed by atoms with Crippen molar-refractivity contribution in [1.29, 1.82) is 0 Å². The number of anilines is 1. The van der Waals surface area contributed by atoms with Crippen molar-refractivity contribution in [2.45, 2.75) is 19.3 Å². The first kappa shape index (κ1) is 20.0. The van der Waals surface area contributed by atoms with E-state index in [0.29, 0.717) is 38.3 Å². The molecule has 2 amide bonds. The number of rotatable bonds is 6. The highest BCUT2D eigenvalue weighted by Gasteiger charge is 2.23. The van der Waals surface area contributed by atoms with Crippen LogP contribution < -0.4 is 5.32 Å². The zero-order valence-corrected chi connectivity index (χ0v) is 16.1. The number of benzene rings is 2. The predicted molar refractivity (Wildman–Crippen MR) is 108 cm³/mol. The van der Waals surface area contributed by atoms with E-state index in [1.807, 2.05) is 40.1 Å². The Morgan fingerprint density at radius 1 is 1.04 bits per heavy atom. The van der Waals surface area contributed by atoms with Crippen LogP contribution in [0.3, 0.4) is 0 Å². The van der Waals surface area contributed by atoms with Gasteiger partial charge in [0.05, 0.1) is 6.54 Å². The molecule has 28 heavy (non-hydrogen) atoms. The summed E-state index contributed by atoms with van der Waals surface area (Å²) in [5.41, 5.74) is 1.62. The van der Waals surface area contributed by atoms with Crippen LogP contribution in [0, 0.1) is 5.82 Å². The van der Waals surface area contributed by atoms with Gasteiger partial charge in [-0.1, -0.05) is 43.3 Å². The minimum Gasteiger partial charge on any atom is -0.340 e. The lowest BCUT2D eigenvalue weighted by molar-refractivity contribution is -0.133. The molecule has 1 saturated heterocycles. The fourth-order valence-corrected chi connectivity index (χ4v) is 3.42. The molecule has 6 heteroatoms. The fourth-order valence-electron chi connectivity index (χ4n) is 3.42. The van der Waals surface area contributed by atoms with Crippen LogP contribution in [0.1, 0.15) is 24.8 Å². The van der Waals surface area contributed by atoms with Crippen molar-refractivity contribution in [3.63, 3.8) is 0 Å². The zero-order valence-electron chi connectivity index (χ0n) is 16.1. The SMILES string of the molecule is C[C@@H](CC(=O)N1CCN(CC(=O)Nc2cccc(F)c2)CC1)c1ccccc1. The number of halogens is 1. The van der Waals surface area contributed by atoms with Gasteiger partial charge in [0, 0.05) is 38.3 Å². The first-order valence-electron chi connectivity index (χ1n) is 9.62. The molecule has 1 aliphatic heterocycles. The van der Waals surface area contributed by atoms with E-state index in [0.717, 1.165) is 0 Å². The lowest BCUT2D eigenvalue weighted by Gasteiger charge is -2.34. The first-order valence-corrected chi connectivity index (χ1v) is 9.62. The van der Waals surface area contributed by atoms with Gasteiger partial charge in [-0.2, -0.15) is 0 Å². The Kier molecular flexibility index (Phi) is 6.76. The van der Waals surface area contributed by atoms with Crippen molar-refractivity contribution < 1.29 is 14.0 Å². The molecule has 1 fully saturated rings. The topological polar surface area (TPSA) is 52.7 Å². The summed E-state index contributed by atoms with van der Waals surface area (Å²) in [6.07, 6.45) is 0.490. The van der Waals surface area contributed by atoms with Crippen LogP contribution in [0.2, 0.25) is 0 Å². The van der Waals surface area contributed by atoms with Gasteiger partial charge < -0.3 is 10.2 Å². The Morgan fingerprint density at radius 3 is 2.43 bits per heavy atom. The molecule has 2 aromatic rings.